The van der Waals surface area contributed by atoms with E-state index in [1.54, 1.807) is 12.1 Å². The molecule has 1 amide bonds. The smallest absolute Gasteiger partial charge is 0.255 e. The number of anilines is 3. The monoisotopic (exact) mass is 413 g/mol. The van der Waals surface area contributed by atoms with Gasteiger partial charge in [0.15, 0.2) is 0 Å². The minimum Gasteiger partial charge on any atom is -0.370 e. The van der Waals surface area contributed by atoms with Gasteiger partial charge in [-0.05, 0) is 68.5 Å². The van der Waals surface area contributed by atoms with Crippen LogP contribution in [-0.2, 0) is 16.4 Å². The molecule has 29 heavy (non-hydrogen) atoms. The molecular formula is C22H27N3O3S. The highest BCUT2D eigenvalue weighted by Crippen LogP contribution is 2.35. The lowest BCUT2D eigenvalue weighted by Gasteiger charge is -2.30. The lowest BCUT2D eigenvalue weighted by atomic mass is 10.1. The van der Waals surface area contributed by atoms with Gasteiger partial charge in [0, 0.05) is 24.7 Å². The van der Waals surface area contributed by atoms with Crippen LogP contribution >= 0.6 is 0 Å². The van der Waals surface area contributed by atoms with E-state index in [-0.39, 0.29) is 11.9 Å². The molecule has 0 saturated carbocycles. The molecule has 2 aromatic rings. The lowest BCUT2D eigenvalue weighted by molar-refractivity contribution is 0.102. The second-order valence-corrected chi connectivity index (χ2v) is 9.83. The number of carbonyl (C=O) groups is 1. The Morgan fingerprint density at radius 2 is 1.76 bits per heavy atom. The fourth-order valence-electron chi connectivity index (χ4n) is 4.43. The summed E-state index contributed by atoms with van der Waals surface area (Å²) in [4.78, 5) is 15.3. The Morgan fingerprint density at radius 3 is 2.48 bits per heavy atom. The van der Waals surface area contributed by atoms with Crippen molar-refractivity contribution in [2.75, 3.05) is 33.9 Å². The van der Waals surface area contributed by atoms with Gasteiger partial charge in [-0.1, -0.05) is 12.1 Å². The summed E-state index contributed by atoms with van der Waals surface area (Å²) in [6.07, 6.45) is 5.41. The first-order chi connectivity index (χ1) is 13.8. The number of para-hydroxylation sites is 2. The number of nitrogens with zero attached hydrogens (tertiary/aromatic N) is 2. The molecule has 1 atom stereocenters. The zero-order valence-electron chi connectivity index (χ0n) is 16.9. The summed E-state index contributed by atoms with van der Waals surface area (Å²) in [5.74, 6) is -0.178. The van der Waals surface area contributed by atoms with Gasteiger partial charge in [0.1, 0.15) is 0 Å². The average molecular weight is 414 g/mol. The van der Waals surface area contributed by atoms with Gasteiger partial charge in [0.05, 0.1) is 23.3 Å². The maximum absolute atomic E-state index is 12.9. The van der Waals surface area contributed by atoms with E-state index in [4.69, 9.17) is 0 Å². The van der Waals surface area contributed by atoms with Crippen molar-refractivity contribution in [3.8, 4) is 0 Å². The lowest BCUT2D eigenvalue weighted by Crippen LogP contribution is -2.34. The third-order valence-electron chi connectivity index (χ3n) is 5.70. The number of nitrogens with one attached hydrogen (secondary N) is 1. The van der Waals surface area contributed by atoms with Crippen LogP contribution in [-0.4, -0.2) is 39.7 Å². The predicted molar refractivity (Wildman–Crippen MR) is 117 cm³/mol. The summed E-state index contributed by atoms with van der Waals surface area (Å²) in [6.45, 7) is 3.89. The number of rotatable bonds is 4. The average Bonchev–Trinajstić information content (AvgIpc) is 3.04. The third-order valence-corrected chi connectivity index (χ3v) is 6.97. The third kappa shape index (κ3) is 3.96. The quantitative estimate of drug-likeness (QED) is 0.831. The Hall–Kier alpha value is -2.54. The molecule has 6 nitrogen and oxygen atoms in total. The zero-order valence-corrected chi connectivity index (χ0v) is 17.7. The molecular weight excluding hydrogens is 386 g/mol. The van der Waals surface area contributed by atoms with Crippen molar-refractivity contribution in [1.82, 2.24) is 0 Å². The maximum Gasteiger partial charge on any atom is 0.255 e. The number of hydrogen-bond acceptors (Lipinski definition) is 4. The van der Waals surface area contributed by atoms with Crippen LogP contribution in [0.4, 0.5) is 17.1 Å². The van der Waals surface area contributed by atoms with Crippen molar-refractivity contribution in [2.45, 2.75) is 38.6 Å². The molecule has 1 fully saturated rings. The first-order valence-electron chi connectivity index (χ1n) is 10.1. The summed E-state index contributed by atoms with van der Waals surface area (Å²) in [5.41, 5.74) is 3.97. The van der Waals surface area contributed by atoms with Crippen LogP contribution in [0, 0.1) is 0 Å². The molecule has 4 rings (SSSR count). The molecule has 1 N–H and O–H groups in total. The normalized spacial score (nSPS) is 19.2. The van der Waals surface area contributed by atoms with Crippen LogP contribution in [0.1, 0.15) is 42.1 Å². The molecule has 2 aliphatic rings. The van der Waals surface area contributed by atoms with Crippen LogP contribution in [0.15, 0.2) is 42.5 Å². The molecule has 154 valence electrons. The number of piperidine rings is 1. The van der Waals surface area contributed by atoms with Crippen molar-refractivity contribution in [2.24, 2.45) is 0 Å². The highest BCUT2D eigenvalue weighted by atomic mass is 32.2. The van der Waals surface area contributed by atoms with Crippen molar-refractivity contribution in [1.29, 1.82) is 0 Å². The van der Waals surface area contributed by atoms with E-state index in [0.29, 0.717) is 17.7 Å². The van der Waals surface area contributed by atoms with Gasteiger partial charge in [0.2, 0.25) is 10.0 Å². The molecule has 1 saturated heterocycles. The first kappa shape index (κ1) is 19.8. The number of hydrogen-bond donors (Lipinski definition) is 1. The predicted octanol–water partition coefficient (Wildman–Crippen LogP) is 3.64. The van der Waals surface area contributed by atoms with Crippen LogP contribution in [0.25, 0.3) is 0 Å². The molecule has 0 aliphatic carbocycles. The van der Waals surface area contributed by atoms with E-state index < -0.39 is 10.0 Å². The van der Waals surface area contributed by atoms with Crippen LogP contribution in [0.2, 0.25) is 0 Å². The first-order valence-corrected chi connectivity index (χ1v) is 12.0. The zero-order chi connectivity index (χ0) is 20.6. The van der Waals surface area contributed by atoms with E-state index in [2.05, 4.69) is 16.3 Å². The van der Waals surface area contributed by atoms with E-state index in [1.807, 2.05) is 31.2 Å². The van der Waals surface area contributed by atoms with E-state index in [0.717, 1.165) is 30.0 Å². The number of amides is 1. The highest BCUT2D eigenvalue weighted by molar-refractivity contribution is 7.92. The fraction of sp³-hybridized carbons (Fsp3) is 0.409. The summed E-state index contributed by atoms with van der Waals surface area (Å²) < 4.78 is 25.6. The maximum atomic E-state index is 12.9. The summed E-state index contributed by atoms with van der Waals surface area (Å²) >= 11 is 0. The number of benzene rings is 2. The van der Waals surface area contributed by atoms with E-state index in [1.165, 1.54) is 29.8 Å². The summed E-state index contributed by atoms with van der Waals surface area (Å²) in [5, 5.41) is 3.06. The van der Waals surface area contributed by atoms with Gasteiger partial charge >= 0.3 is 0 Å². The summed E-state index contributed by atoms with van der Waals surface area (Å²) in [7, 11) is -3.34. The largest absolute Gasteiger partial charge is 0.370 e. The van der Waals surface area contributed by atoms with Crippen LogP contribution in [0.3, 0.4) is 0 Å². The van der Waals surface area contributed by atoms with Crippen LogP contribution < -0.4 is 14.5 Å². The van der Waals surface area contributed by atoms with E-state index >= 15 is 0 Å². The van der Waals surface area contributed by atoms with Gasteiger partial charge < -0.3 is 10.2 Å². The molecule has 0 radical (unpaired) electrons. The molecule has 2 aliphatic heterocycles. The van der Waals surface area contributed by atoms with Crippen molar-refractivity contribution in [3.05, 3.63) is 53.6 Å². The molecule has 0 bridgehead atoms. The van der Waals surface area contributed by atoms with Gasteiger partial charge in [-0.15, -0.1) is 0 Å². The Kier molecular flexibility index (Phi) is 5.25. The van der Waals surface area contributed by atoms with Gasteiger partial charge in [0.25, 0.3) is 5.91 Å². The Morgan fingerprint density at radius 1 is 1.03 bits per heavy atom. The van der Waals surface area contributed by atoms with Crippen molar-refractivity contribution >= 4 is 33.0 Å². The molecule has 2 aromatic carbocycles. The Balaban J connectivity index is 1.57. The fourth-order valence-corrected chi connectivity index (χ4v) is 5.70. The van der Waals surface area contributed by atoms with E-state index in [9.17, 15) is 13.2 Å². The van der Waals surface area contributed by atoms with Crippen molar-refractivity contribution < 1.29 is 13.2 Å². The Labute approximate surface area is 172 Å². The standard InChI is InChI=1S/C22H27N3O3S/c1-16-14-18-15-17(10-11-20(18)25(16)29(2,27)28)22(26)23-19-8-4-5-9-21(19)24-12-6-3-7-13-24/h4-5,8-11,15-16H,3,6-7,12-14H2,1-2H3,(H,23,26)/t16-/m0/s1. The van der Waals surface area contributed by atoms with Gasteiger partial charge in [-0.25, -0.2) is 8.42 Å². The second-order valence-electron chi connectivity index (χ2n) is 7.97. The molecule has 0 aromatic heterocycles. The van der Waals surface area contributed by atoms with Crippen molar-refractivity contribution in [3.63, 3.8) is 0 Å². The molecule has 2 heterocycles. The molecule has 0 spiro atoms. The van der Waals surface area contributed by atoms with Gasteiger partial charge in [-0.3, -0.25) is 9.10 Å². The minimum absolute atomic E-state index is 0.141. The number of sulfonamides is 1. The molecule has 0 unspecified atom stereocenters. The van der Waals surface area contributed by atoms with Gasteiger partial charge in [-0.2, -0.15) is 0 Å². The topological polar surface area (TPSA) is 69.7 Å². The summed E-state index contributed by atoms with van der Waals surface area (Å²) in [6, 6.07) is 13.0. The number of fused-ring (bicyclic) bond motifs is 1. The van der Waals surface area contributed by atoms with Crippen LogP contribution in [0.5, 0.6) is 0 Å². The minimum atomic E-state index is -3.34. The highest BCUT2D eigenvalue weighted by Gasteiger charge is 2.32. The second kappa shape index (κ2) is 7.71. The Bertz CT molecular complexity index is 1030. The SMILES string of the molecule is C[C@H]1Cc2cc(C(=O)Nc3ccccc3N3CCCCC3)ccc2N1S(C)(=O)=O. The molecule has 7 heteroatoms. The number of carbonyl (C=O) groups excluding carboxylic acids is 1.